The third-order valence-corrected chi connectivity index (χ3v) is 5.29. The number of nitrogens with zero attached hydrogens (tertiary/aromatic N) is 1. The quantitative estimate of drug-likeness (QED) is 0.456. The first-order valence-corrected chi connectivity index (χ1v) is 10.7. The van der Waals surface area contributed by atoms with Crippen molar-refractivity contribution >= 4 is 33.7 Å². The van der Waals surface area contributed by atoms with Crippen molar-refractivity contribution in [3.63, 3.8) is 0 Å². The van der Waals surface area contributed by atoms with Crippen LogP contribution in [-0.2, 0) is 20.7 Å². The molecule has 1 aromatic carbocycles. The molecule has 0 heterocycles. The summed E-state index contributed by atoms with van der Waals surface area (Å²) in [4.78, 5) is 13.2. The van der Waals surface area contributed by atoms with Crippen LogP contribution in [0.5, 0.6) is 0 Å². The number of rotatable bonds is 10. The molecule has 1 aromatic rings. The molecule has 27 heavy (non-hydrogen) atoms. The van der Waals surface area contributed by atoms with E-state index in [0.29, 0.717) is 6.42 Å². The van der Waals surface area contributed by atoms with Gasteiger partial charge in [-0.3, -0.25) is 4.79 Å². The summed E-state index contributed by atoms with van der Waals surface area (Å²) in [6, 6.07) is 7.57. The number of amides is 1. The molecule has 1 atom stereocenters. The minimum Gasteiger partial charge on any atom is -0.365 e. The van der Waals surface area contributed by atoms with E-state index in [1.807, 2.05) is 31.2 Å². The van der Waals surface area contributed by atoms with Gasteiger partial charge in [0.15, 0.2) is 5.11 Å². The number of hydrogen-bond acceptors (Lipinski definition) is 5. The van der Waals surface area contributed by atoms with E-state index in [9.17, 15) is 13.2 Å². The van der Waals surface area contributed by atoms with Gasteiger partial charge < -0.3 is 10.6 Å². The summed E-state index contributed by atoms with van der Waals surface area (Å²) >= 11 is 5.08. The van der Waals surface area contributed by atoms with E-state index in [1.165, 1.54) is 0 Å². The Kier molecular flexibility index (Phi) is 10.2. The predicted octanol–water partition coefficient (Wildman–Crippen LogP) is 3.28. The Labute approximate surface area is 168 Å². The summed E-state index contributed by atoms with van der Waals surface area (Å²) in [5.41, 5.74) is 0.723. The van der Waals surface area contributed by atoms with Crippen molar-refractivity contribution in [2.75, 3.05) is 13.6 Å². The zero-order valence-electron chi connectivity index (χ0n) is 16.2. The van der Waals surface area contributed by atoms with E-state index in [4.69, 9.17) is 12.2 Å². The standard InChI is InChI=1S/C19H29N3O3S2/c1-4-5-6-7-8-13-19(14-21-27(24)25,17(23)22-18(26)20-3)16-11-9-15(2)10-12-16/h9-12H,4-8,13-14H2,1-3H3,(H2,20,22,23,26). The van der Waals surface area contributed by atoms with Gasteiger partial charge in [-0.15, -0.1) is 0 Å². The number of carbonyl (C=O) groups excluding carboxylic acids is 1. The molecule has 0 aromatic heterocycles. The molecule has 0 spiro atoms. The van der Waals surface area contributed by atoms with E-state index in [0.717, 1.165) is 43.2 Å². The molecular formula is C19H29N3O3S2. The molecule has 1 amide bonds. The highest BCUT2D eigenvalue weighted by Gasteiger charge is 2.40. The molecule has 0 bridgehead atoms. The Balaban J connectivity index is 3.27. The first-order valence-electron chi connectivity index (χ1n) is 9.23. The van der Waals surface area contributed by atoms with Gasteiger partial charge >= 0.3 is 10.5 Å². The monoisotopic (exact) mass is 411 g/mol. The van der Waals surface area contributed by atoms with Gasteiger partial charge in [0.2, 0.25) is 5.91 Å². The molecule has 6 nitrogen and oxygen atoms in total. The molecule has 0 saturated heterocycles. The second-order valence-electron chi connectivity index (χ2n) is 6.65. The maximum absolute atomic E-state index is 13.2. The van der Waals surface area contributed by atoms with Crippen LogP contribution in [0.2, 0.25) is 0 Å². The van der Waals surface area contributed by atoms with Crippen molar-refractivity contribution in [2.45, 2.75) is 57.8 Å². The van der Waals surface area contributed by atoms with Crippen LogP contribution in [0, 0.1) is 6.92 Å². The summed E-state index contributed by atoms with van der Waals surface area (Å²) in [5.74, 6) is -0.338. The second kappa shape index (κ2) is 11.8. The molecule has 0 aliphatic rings. The lowest BCUT2D eigenvalue weighted by Gasteiger charge is -2.31. The van der Waals surface area contributed by atoms with E-state index >= 15 is 0 Å². The second-order valence-corrected chi connectivity index (χ2v) is 7.75. The van der Waals surface area contributed by atoms with Crippen LogP contribution in [0.3, 0.4) is 0 Å². The number of carbonyl (C=O) groups is 1. The average Bonchev–Trinajstić information content (AvgIpc) is 2.64. The molecule has 150 valence electrons. The summed E-state index contributed by atoms with van der Waals surface area (Å²) in [7, 11) is -0.962. The summed E-state index contributed by atoms with van der Waals surface area (Å²) in [5, 5.41) is 5.60. The molecule has 0 radical (unpaired) electrons. The fraction of sp³-hybridized carbons (Fsp3) is 0.579. The third-order valence-electron chi connectivity index (χ3n) is 4.64. The largest absolute Gasteiger partial charge is 0.365 e. The number of unbranched alkanes of at least 4 members (excludes halogenated alkanes) is 4. The maximum Gasteiger partial charge on any atom is 0.311 e. The Bertz CT molecular complexity index is 753. The number of benzene rings is 1. The van der Waals surface area contributed by atoms with Gasteiger partial charge in [0.25, 0.3) is 0 Å². The lowest BCUT2D eigenvalue weighted by atomic mass is 9.75. The van der Waals surface area contributed by atoms with Crippen molar-refractivity contribution < 1.29 is 13.2 Å². The van der Waals surface area contributed by atoms with Crippen molar-refractivity contribution in [1.82, 2.24) is 10.6 Å². The minimum absolute atomic E-state index is 0.141. The minimum atomic E-state index is -2.59. The number of hydrogen-bond donors (Lipinski definition) is 2. The third kappa shape index (κ3) is 7.38. The van der Waals surface area contributed by atoms with Gasteiger partial charge in [-0.1, -0.05) is 68.9 Å². The smallest absolute Gasteiger partial charge is 0.311 e. The zero-order valence-corrected chi connectivity index (χ0v) is 17.9. The van der Waals surface area contributed by atoms with E-state index < -0.39 is 15.9 Å². The summed E-state index contributed by atoms with van der Waals surface area (Å²) in [6.45, 7) is 3.97. The maximum atomic E-state index is 13.2. The molecule has 8 heteroatoms. The lowest BCUT2D eigenvalue weighted by molar-refractivity contribution is -0.125. The topological polar surface area (TPSA) is 87.6 Å². The van der Waals surface area contributed by atoms with Crippen LogP contribution in [-0.4, -0.2) is 33.0 Å². The molecule has 1 rings (SSSR count). The predicted molar refractivity (Wildman–Crippen MR) is 112 cm³/mol. The lowest BCUT2D eigenvalue weighted by Crippen LogP contribution is -2.50. The van der Waals surface area contributed by atoms with Gasteiger partial charge in [-0.25, -0.2) is 0 Å². The first kappa shape index (κ1) is 23.2. The van der Waals surface area contributed by atoms with Gasteiger partial charge in [0.05, 0.1) is 12.0 Å². The van der Waals surface area contributed by atoms with Crippen molar-refractivity contribution in [3.8, 4) is 0 Å². The highest BCUT2D eigenvalue weighted by molar-refractivity contribution is 7.80. The van der Waals surface area contributed by atoms with E-state index in [2.05, 4.69) is 21.9 Å². The van der Waals surface area contributed by atoms with Crippen molar-refractivity contribution in [1.29, 1.82) is 0 Å². The van der Waals surface area contributed by atoms with Gasteiger partial charge in [0.1, 0.15) is 0 Å². The molecule has 0 saturated carbocycles. The normalized spacial score (nSPS) is 12.7. The van der Waals surface area contributed by atoms with Crippen LogP contribution in [0.15, 0.2) is 28.6 Å². The Morgan fingerprint density at radius 1 is 1.15 bits per heavy atom. The van der Waals surface area contributed by atoms with Crippen LogP contribution in [0.4, 0.5) is 0 Å². The SMILES string of the molecule is CCCCCCCC(CN=S(=O)=O)(C(=O)NC(=S)NC)c1ccc(C)cc1. The first-order chi connectivity index (χ1) is 12.9. The number of thiocarbonyl (C=S) groups is 1. The van der Waals surface area contributed by atoms with Gasteiger partial charge in [0, 0.05) is 7.05 Å². The van der Waals surface area contributed by atoms with Crippen molar-refractivity contribution in [2.24, 2.45) is 4.36 Å². The Morgan fingerprint density at radius 3 is 2.33 bits per heavy atom. The molecule has 1 unspecified atom stereocenters. The summed E-state index contributed by atoms with van der Waals surface area (Å²) in [6.07, 6.45) is 5.63. The van der Waals surface area contributed by atoms with Crippen LogP contribution in [0.25, 0.3) is 0 Å². The molecule has 0 fully saturated rings. The highest BCUT2D eigenvalue weighted by atomic mass is 32.2. The van der Waals surface area contributed by atoms with E-state index in [-0.39, 0.29) is 17.6 Å². The Morgan fingerprint density at radius 2 is 1.78 bits per heavy atom. The van der Waals surface area contributed by atoms with Crippen LogP contribution < -0.4 is 10.6 Å². The Hall–Kier alpha value is -1.80. The van der Waals surface area contributed by atoms with E-state index in [1.54, 1.807) is 7.05 Å². The molecule has 0 aliphatic carbocycles. The molecule has 2 N–H and O–H groups in total. The van der Waals surface area contributed by atoms with Gasteiger partial charge in [-0.05, 0) is 31.1 Å². The molecule has 0 aliphatic heterocycles. The highest BCUT2D eigenvalue weighted by Crippen LogP contribution is 2.32. The number of nitrogens with one attached hydrogen (secondary N) is 2. The van der Waals surface area contributed by atoms with Crippen LogP contribution >= 0.6 is 12.2 Å². The molecular weight excluding hydrogens is 382 g/mol. The van der Waals surface area contributed by atoms with Crippen molar-refractivity contribution in [3.05, 3.63) is 35.4 Å². The average molecular weight is 412 g/mol. The zero-order chi connectivity index (χ0) is 20.3. The fourth-order valence-electron chi connectivity index (χ4n) is 2.98. The van der Waals surface area contributed by atoms with Gasteiger partial charge in [-0.2, -0.15) is 12.8 Å². The number of aryl methyl sites for hydroxylation is 1. The van der Waals surface area contributed by atoms with Crippen LogP contribution in [0.1, 0.15) is 56.6 Å². The summed E-state index contributed by atoms with van der Waals surface area (Å²) < 4.78 is 25.9. The fourth-order valence-corrected chi connectivity index (χ4v) is 3.40.